The Morgan fingerprint density at radius 1 is 1.47 bits per heavy atom. The number of nitrogens with zero attached hydrogens (tertiary/aromatic N) is 1. The number of halogens is 1. The number of carboxylic acids is 1. The third-order valence-corrected chi connectivity index (χ3v) is 5.01. The van der Waals surface area contributed by atoms with Gasteiger partial charge in [0.25, 0.3) is 0 Å². The normalized spacial score (nSPS) is 20.6. The van der Waals surface area contributed by atoms with E-state index in [2.05, 4.69) is 0 Å². The van der Waals surface area contributed by atoms with Crippen LogP contribution in [0.25, 0.3) is 0 Å². The predicted octanol–water partition coefficient (Wildman–Crippen LogP) is 1.31. The molecule has 0 radical (unpaired) electrons. The quantitative estimate of drug-likeness (QED) is 0.906. The summed E-state index contributed by atoms with van der Waals surface area (Å²) >= 11 is 0. The summed E-state index contributed by atoms with van der Waals surface area (Å²) in [4.78, 5) is 10.5. The Balaban J connectivity index is 2.16. The Bertz CT molecular complexity index is 587. The van der Waals surface area contributed by atoms with Crippen LogP contribution in [0.5, 0.6) is 0 Å². The molecule has 1 aromatic carbocycles. The molecule has 19 heavy (non-hydrogen) atoms. The van der Waals surface area contributed by atoms with Gasteiger partial charge in [0.2, 0.25) is 10.0 Å². The van der Waals surface area contributed by atoms with Gasteiger partial charge in [-0.05, 0) is 30.5 Å². The van der Waals surface area contributed by atoms with Crippen molar-refractivity contribution in [2.45, 2.75) is 17.7 Å². The molecule has 1 heterocycles. The lowest BCUT2D eigenvalue weighted by Crippen LogP contribution is -2.29. The van der Waals surface area contributed by atoms with E-state index in [1.165, 1.54) is 22.5 Å². The number of benzene rings is 1. The smallest absolute Gasteiger partial charge is 0.303 e. The molecule has 1 saturated heterocycles. The van der Waals surface area contributed by atoms with Crippen molar-refractivity contribution in [3.63, 3.8) is 0 Å². The van der Waals surface area contributed by atoms with Crippen molar-refractivity contribution in [2.24, 2.45) is 5.92 Å². The number of carboxylic acid groups (broad SMARTS) is 1. The second-order valence-electron chi connectivity index (χ2n) is 4.57. The zero-order valence-corrected chi connectivity index (χ0v) is 10.9. The summed E-state index contributed by atoms with van der Waals surface area (Å²) in [6.07, 6.45) is 0.468. The maximum absolute atomic E-state index is 13.1. The van der Waals surface area contributed by atoms with Gasteiger partial charge in [-0.1, -0.05) is 6.07 Å². The number of hydrogen-bond acceptors (Lipinski definition) is 3. The number of carbonyl (C=O) groups is 1. The fourth-order valence-electron chi connectivity index (χ4n) is 2.21. The zero-order chi connectivity index (χ0) is 14.0. The molecule has 0 aromatic heterocycles. The maximum atomic E-state index is 13.1. The van der Waals surface area contributed by atoms with Crippen molar-refractivity contribution in [3.05, 3.63) is 30.1 Å². The molecular weight excluding hydrogens is 273 g/mol. The largest absolute Gasteiger partial charge is 0.481 e. The Morgan fingerprint density at radius 2 is 2.21 bits per heavy atom. The highest BCUT2D eigenvalue weighted by molar-refractivity contribution is 7.89. The lowest BCUT2D eigenvalue weighted by Gasteiger charge is -2.16. The van der Waals surface area contributed by atoms with Gasteiger partial charge in [-0.15, -0.1) is 0 Å². The summed E-state index contributed by atoms with van der Waals surface area (Å²) in [7, 11) is -3.73. The van der Waals surface area contributed by atoms with Crippen molar-refractivity contribution in [1.82, 2.24) is 4.31 Å². The van der Waals surface area contributed by atoms with Crippen LogP contribution < -0.4 is 0 Å². The SMILES string of the molecule is O=C(O)CC1CCN(S(=O)(=O)c2cccc(F)c2)C1. The minimum Gasteiger partial charge on any atom is -0.481 e. The van der Waals surface area contributed by atoms with Crippen LogP contribution in [-0.2, 0) is 14.8 Å². The van der Waals surface area contributed by atoms with Crippen molar-refractivity contribution in [1.29, 1.82) is 0 Å². The van der Waals surface area contributed by atoms with E-state index in [1.807, 2.05) is 0 Å². The molecule has 7 heteroatoms. The summed E-state index contributed by atoms with van der Waals surface area (Å²) in [6.45, 7) is 0.446. The van der Waals surface area contributed by atoms with Gasteiger partial charge in [-0.25, -0.2) is 12.8 Å². The minimum absolute atomic E-state index is 0.0465. The van der Waals surface area contributed by atoms with Gasteiger partial charge in [0.1, 0.15) is 5.82 Å². The third-order valence-electron chi connectivity index (χ3n) is 3.15. The number of aliphatic carboxylic acids is 1. The second kappa shape index (κ2) is 5.26. The lowest BCUT2D eigenvalue weighted by atomic mass is 10.1. The van der Waals surface area contributed by atoms with Crippen LogP contribution in [0.4, 0.5) is 4.39 Å². The highest BCUT2D eigenvalue weighted by Crippen LogP contribution is 2.26. The first kappa shape index (κ1) is 14.0. The lowest BCUT2D eigenvalue weighted by molar-refractivity contribution is -0.137. The number of rotatable bonds is 4. The number of sulfonamides is 1. The first-order valence-corrected chi connectivity index (χ1v) is 7.31. The van der Waals surface area contributed by atoms with Gasteiger partial charge < -0.3 is 5.11 Å². The van der Waals surface area contributed by atoms with Gasteiger partial charge in [0, 0.05) is 19.5 Å². The zero-order valence-electron chi connectivity index (χ0n) is 10.1. The average Bonchev–Trinajstić information content (AvgIpc) is 2.77. The Hall–Kier alpha value is -1.47. The molecule has 1 N–H and O–H groups in total. The van der Waals surface area contributed by atoms with Crippen LogP contribution in [0.15, 0.2) is 29.2 Å². The van der Waals surface area contributed by atoms with Crippen molar-refractivity contribution in [3.8, 4) is 0 Å². The molecule has 0 saturated carbocycles. The van der Waals surface area contributed by atoms with Gasteiger partial charge >= 0.3 is 5.97 Å². The van der Waals surface area contributed by atoms with E-state index in [0.29, 0.717) is 6.42 Å². The van der Waals surface area contributed by atoms with Gasteiger partial charge in [-0.3, -0.25) is 4.79 Å². The molecule has 1 aromatic rings. The average molecular weight is 287 g/mol. The van der Waals surface area contributed by atoms with Crippen LogP contribution in [-0.4, -0.2) is 36.9 Å². The molecule has 1 aliphatic rings. The molecule has 104 valence electrons. The molecule has 0 aliphatic carbocycles. The second-order valence-corrected chi connectivity index (χ2v) is 6.51. The first-order valence-electron chi connectivity index (χ1n) is 5.87. The molecule has 5 nitrogen and oxygen atoms in total. The van der Waals surface area contributed by atoms with Crippen LogP contribution in [0.3, 0.4) is 0 Å². The molecule has 0 spiro atoms. The molecule has 1 fully saturated rings. The Kier molecular flexibility index (Phi) is 3.86. The van der Waals surface area contributed by atoms with Crippen LogP contribution in [0.1, 0.15) is 12.8 Å². The molecule has 2 rings (SSSR count). The van der Waals surface area contributed by atoms with Crippen molar-refractivity contribution < 1.29 is 22.7 Å². The van der Waals surface area contributed by atoms with E-state index in [1.54, 1.807) is 0 Å². The molecule has 0 amide bonds. The molecule has 0 bridgehead atoms. The summed E-state index contributed by atoms with van der Waals surface area (Å²) in [6, 6.07) is 4.83. The monoisotopic (exact) mass is 287 g/mol. The molecule has 1 aliphatic heterocycles. The molecule has 1 unspecified atom stereocenters. The summed E-state index contributed by atoms with van der Waals surface area (Å²) in [5.74, 6) is -1.72. The van der Waals surface area contributed by atoms with Crippen LogP contribution >= 0.6 is 0 Å². The summed E-state index contributed by atoms with van der Waals surface area (Å²) in [5, 5.41) is 8.70. The number of hydrogen-bond donors (Lipinski definition) is 1. The fourth-order valence-corrected chi connectivity index (χ4v) is 3.77. The highest BCUT2D eigenvalue weighted by atomic mass is 32.2. The van der Waals surface area contributed by atoms with E-state index in [0.717, 1.165) is 6.07 Å². The van der Waals surface area contributed by atoms with Crippen LogP contribution in [0.2, 0.25) is 0 Å². The maximum Gasteiger partial charge on any atom is 0.303 e. The van der Waals surface area contributed by atoms with E-state index < -0.39 is 21.8 Å². The Labute approximate surface area is 110 Å². The fraction of sp³-hybridized carbons (Fsp3) is 0.417. The Morgan fingerprint density at radius 3 is 2.84 bits per heavy atom. The van der Waals surface area contributed by atoms with Gasteiger partial charge in [0.15, 0.2) is 0 Å². The first-order chi connectivity index (χ1) is 8.89. The third kappa shape index (κ3) is 3.10. The van der Waals surface area contributed by atoms with Crippen molar-refractivity contribution >= 4 is 16.0 Å². The topological polar surface area (TPSA) is 74.7 Å². The minimum atomic E-state index is -3.73. The van der Waals surface area contributed by atoms with E-state index in [-0.39, 0.29) is 30.3 Å². The van der Waals surface area contributed by atoms with E-state index in [9.17, 15) is 17.6 Å². The predicted molar refractivity (Wildman–Crippen MR) is 65.5 cm³/mol. The molecular formula is C12H14FNO4S. The molecule has 1 atom stereocenters. The van der Waals surface area contributed by atoms with Gasteiger partial charge in [-0.2, -0.15) is 4.31 Å². The highest BCUT2D eigenvalue weighted by Gasteiger charge is 2.33. The van der Waals surface area contributed by atoms with Crippen LogP contribution in [0, 0.1) is 11.7 Å². The summed E-state index contributed by atoms with van der Waals surface area (Å²) in [5.41, 5.74) is 0. The van der Waals surface area contributed by atoms with Crippen molar-refractivity contribution in [2.75, 3.05) is 13.1 Å². The van der Waals surface area contributed by atoms with E-state index >= 15 is 0 Å². The standard InChI is InChI=1S/C12H14FNO4S/c13-10-2-1-3-11(7-10)19(17,18)14-5-4-9(8-14)6-12(15)16/h1-3,7,9H,4-6,8H2,(H,15,16). The van der Waals surface area contributed by atoms with E-state index in [4.69, 9.17) is 5.11 Å². The van der Waals surface area contributed by atoms with Gasteiger partial charge in [0.05, 0.1) is 4.90 Å². The summed E-state index contributed by atoms with van der Waals surface area (Å²) < 4.78 is 38.7.